The molecule has 120 valence electrons. The van der Waals surface area contributed by atoms with E-state index in [1.165, 1.54) is 36.9 Å². The molecule has 0 amide bonds. The van der Waals surface area contributed by atoms with Crippen LogP contribution in [0.25, 0.3) is 0 Å². The lowest BCUT2D eigenvalue weighted by atomic mass is 9.80. The number of hydrogen-bond acceptors (Lipinski definition) is 1. The SMILES string of the molecule is Clc1cc(Cl)cc(CN2C[C@@H]3CC[C@H]2Cc2ccccc2C3)c1. The van der Waals surface area contributed by atoms with Crippen molar-refractivity contribution in [2.45, 2.75) is 38.3 Å². The number of rotatable bonds is 2. The standard InChI is InChI=1S/C20H21Cl2N/c21-18-8-15(9-19(22)11-18)13-23-12-14-5-6-20(23)10-17-4-2-1-3-16(17)7-14/h1-4,8-9,11,14,20H,5-7,10,12-13H2/t14-,20+/m1/s1. The van der Waals surface area contributed by atoms with Crippen molar-refractivity contribution >= 4 is 23.2 Å². The van der Waals surface area contributed by atoms with Crippen molar-refractivity contribution in [2.75, 3.05) is 6.54 Å². The minimum atomic E-state index is 0.630. The highest BCUT2D eigenvalue weighted by atomic mass is 35.5. The number of piperidine rings is 1. The molecule has 2 aliphatic heterocycles. The zero-order chi connectivity index (χ0) is 15.8. The van der Waals surface area contributed by atoms with E-state index in [4.69, 9.17) is 23.2 Å². The van der Waals surface area contributed by atoms with E-state index >= 15 is 0 Å². The molecule has 3 aliphatic rings. The molecule has 1 saturated heterocycles. The molecule has 1 nitrogen and oxygen atoms in total. The summed E-state index contributed by atoms with van der Waals surface area (Å²) in [6.07, 6.45) is 5.03. The molecule has 2 atom stereocenters. The number of benzene rings is 2. The Labute approximate surface area is 148 Å². The molecule has 0 unspecified atom stereocenters. The number of halogens is 2. The van der Waals surface area contributed by atoms with E-state index in [1.807, 2.05) is 18.2 Å². The average Bonchev–Trinajstić information content (AvgIpc) is 2.47. The van der Waals surface area contributed by atoms with E-state index < -0.39 is 0 Å². The summed E-state index contributed by atoms with van der Waals surface area (Å²) in [5, 5.41) is 1.46. The zero-order valence-electron chi connectivity index (χ0n) is 13.1. The van der Waals surface area contributed by atoms with Gasteiger partial charge < -0.3 is 0 Å². The fourth-order valence-electron chi connectivity index (χ4n) is 4.23. The summed E-state index contributed by atoms with van der Waals surface area (Å²) in [6, 6.07) is 15.5. The molecule has 2 aromatic rings. The van der Waals surface area contributed by atoms with Crippen molar-refractivity contribution in [1.82, 2.24) is 4.90 Å². The Balaban J connectivity index is 1.59. The average molecular weight is 346 g/mol. The molecular formula is C20H21Cl2N. The molecule has 2 heterocycles. The second kappa shape index (κ2) is 6.47. The lowest BCUT2D eigenvalue weighted by Gasteiger charge is -2.42. The largest absolute Gasteiger partial charge is 0.296 e. The maximum atomic E-state index is 6.17. The molecule has 23 heavy (non-hydrogen) atoms. The van der Waals surface area contributed by atoms with Gasteiger partial charge in [-0.2, -0.15) is 0 Å². The second-order valence-corrected chi connectivity index (χ2v) is 7.85. The molecule has 3 heteroatoms. The van der Waals surface area contributed by atoms with Gasteiger partial charge in [0.05, 0.1) is 0 Å². The third kappa shape index (κ3) is 3.42. The fourth-order valence-corrected chi connectivity index (χ4v) is 4.80. The van der Waals surface area contributed by atoms with Crippen molar-refractivity contribution in [2.24, 2.45) is 5.92 Å². The highest BCUT2D eigenvalue weighted by molar-refractivity contribution is 6.34. The highest BCUT2D eigenvalue weighted by Gasteiger charge is 2.31. The van der Waals surface area contributed by atoms with Gasteiger partial charge in [-0.15, -0.1) is 0 Å². The van der Waals surface area contributed by atoms with Crippen LogP contribution in [0, 0.1) is 5.92 Å². The Morgan fingerprint density at radius 1 is 0.913 bits per heavy atom. The van der Waals surface area contributed by atoms with Gasteiger partial charge in [0.15, 0.2) is 0 Å². The Hall–Kier alpha value is -1.02. The van der Waals surface area contributed by atoms with Gasteiger partial charge in [-0.1, -0.05) is 47.5 Å². The minimum Gasteiger partial charge on any atom is -0.296 e. The first-order chi connectivity index (χ1) is 11.2. The van der Waals surface area contributed by atoms with Crippen LogP contribution >= 0.6 is 23.2 Å². The van der Waals surface area contributed by atoms with Crippen LogP contribution in [-0.2, 0) is 19.4 Å². The van der Waals surface area contributed by atoms with Crippen molar-refractivity contribution in [3.05, 3.63) is 69.2 Å². The topological polar surface area (TPSA) is 3.24 Å². The summed E-state index contributed by atoms with van der Waals surface area (Å²) in [5.41, 5.74) is 4.32. The van der Waals surface area contributed by atoms with E-state index in [9.17, 15) is 0 Å². The van der Waals surface area contributed by atoms with Gasteiger partial charge in [0.25, 0.3) is 0 Å². The molecular weight excluding hydrogens is 325 g/mol. The van der Waals surface area contributed by atoms with Crippen LogP contribution in [0.5, 0.6) is 0 Å². The second-order valence-electron chi connectivity index (χ2n) is 6.98. The van der Waals surface area contributed by atoms with Crippen molar-refractivity contribution in [1.29, 1.82) is 0 Å². The van der Waals surface area contributed by atoms with Crippen molar-refractivity contribution in [3.63, 3.8) is 0 Å². The van der Waals surface area contributed by atoms with Crippen LogP contribution in [0.15, 0.2) is 42.5 Å². The van der Waals surface area contributed by atoms with E-state index in [2.05, 4.69) is 29.2 Å². The molecule has 1 fully saturated rings. The van der Waals surface area contributed by atoms with E-state index in [0.29, 0.717) is 6.04 Å². The third-order valence-electron chi connectivity index (χ3n) is 5.31. The van der Waals surface area contributed by atoms with E-state index in [1.54, 1.807) is 5.56 Å². The van der Waals surface area contributed by atoms with Crippen molar-refractivity contribution in [3.8, 4) is 0 Å². The minimum absolute atomic E-state index is 0.630. The quantitative estimate of drug-likeness (QED) is 0.706. The lowest BCUT2D eigenvalue weighted by Crippen LogP contribution is -2.46. The van der Waals surface area contributed by atoms with Gasteiger partial charge in [-0.05, 0) is 66.5 Å². The predicted octanol–water partition coefficient (Wildman–Crippen LogP) is 5.37. The first-order valence-electron chi connectivity index (χ1n) is 8.43. The summed E-state index contributed by atoms with van der Waals surface area (Å²) >= 11 is 12.3. The third-order valence-corrected chi connectivity index (χ3v) is 5.74. The monoisotopic (exact) mass is 345 g/mol. The Morgan fingerprint density at radius 2 is 1.61 bits per heavy atom. The maximum absolute atomic E-state index is 6.17. The van der Waals surface area contributed by atoms with Gasteiger partial charge in [0.1, 0.15) is 0 Å². The maximum Gasteiger partial charge on any atom is 0.0424 e. The van der Waals surface area contributed by atoms with Crippen LogP contribution in [0.1, 0.15) is 29.5 Å². The Kier molecular flexibility index (Phi) is 4.36. The number of hydrogen-bond donors (Lipinski definition) is 0. The molecule has 0 saturated carbocycles. The van der Waals surface area contributed by atoms with Gasteiger partial charge in [-0.3, -0.25) is 4.90 Å². The first kappa shape index (κ1) is 15.5. The van der Waals surface area contributed by atoms with Crippen LogP contribution in [-0.4, -0.2) is 17.5 Å². The number of fused-ring (bicyclic) bond motifs is 2. The highest BCUT2D eigenvalue weighted by Crippen LogP contribution is 2.33. The molecule has 1 aliphatic carbocycles. The fraction of sp³-hybridized carbons (Fsp3) is 0.400. The molecule has 2 bridgehead atoms. The van der Waals surface area contributed by atoms with Crippen LogP contribution in [0.4, 0.5) is 0 Å². The molecule has 0 aromatic heterocycles. The Bertz CT molecular complexity index is 692. The van der Waals surface area contributed by atoms with Crippen LogP contribution < -0.4 is 0 Å². The Morgan fingerprint density at radius 3 is 2.35 bits per heavy atom. The van der Waals surface area contributed by atoms with E-state index in [0.717, 1.165) is 28.9 Å². The van der Waals surface area contributed by atoms with Crippen LogP contribution in [0.3, 0.4) is 0 Å². The normalized spacial score (nSPS) is 24.1. The summed E-state index contributed by atoms with van der Waals surface area (Å²) in [6.45, 7) is 2.13. The zero-order valence-corrected chi connectivity index (χ0v) is 14.7. The molecule has 5 rings (SSSR count). The summed E-state index contributed by atoms with van der Waals surface area (Å²) in [5.74, 6) is 0.766. The smallest absolute Gasteiger partial charge is 0.0424 e. The first-order valence-corrected chi connectivity index (χ1v) is 9.19. The van der Waals surface area contributed by atoms with Gasteiger partial charge in [0.2, 0.25) is 0 Å². The summed E-state index contributed by atoms with van der Waals surface area (Å²) < 4.78 is 0. The lowest BCUT2D eigenvalue weighted by molar-refractivity contribution is 0.0938. The van der Waals surface area contributed by atoms with Gasteiger partial charge in [0, 0.05) is 29.2 Å². The van der Waals surface area contributed by atoms with Crippen LogP contribution in [0.2, 0.25) is 10.0 Å². The number of nitrogens with zero attached hydrogens (tertiary/aromatic N) is 1. The molecule has 0 spiro atoms. The molecule has 0 radical (unpaired) electrons. The van der Waals surface area contributed by atoms with Crippen molar-refractivity contribution < 1.29 is 0 Å². The summed E-state index contributed by atoms with van der Waals surface area (Å²) in [7, 11) is 0. The molecule has 2 aromatic carbocycles. The van der Waals surface area contributed by atoms with E-state index in [-0.39, 0.29) is 0 Å². The predicted molar refractivity (Wildman–Crippen MR) is 97.2 cm³/mol. The van der Waals surface area contributed by atoms with Gasteiger partial charge in [-0.25, -0.2) is 0 Å². The molecule has 0 N–H and O–H groups in total. The summed E-state index contributed by atoms with van der Waals surface area (Å²) in [4.78, 5) is 2.64. The van der Waals surface area contributed by atoms with Gasteiger partial charge >= 0.3 is 0 Å².